The lowest BCUT2D eigenvalue weighted by Crippen LogP contribution is -2.56. The van der Waals surface area contributed by atoms with Crippen molar-refractivity contribution in [3.63, 3.8) is 0 Å². The van der Waals surface area contributed by atoms with Gasteiger partial charge in [-0.15, -0.1) is 0 Å². The van der Waals surface area contributed by atoms with Crippen LogP contribution in [0.25, 0.3) is 0 Å². The molecule has 1 fully saturated rings. The third kappa shape index (κ3) is 4.21. The van der Waals surface area contributed by atoms with Crippen LogP contribution in [0.2, 0.25) is 0 Å². The van der Waals surface area contributed by atoms with Crippen LogP contribution >= 0.6 is 0 Å². The molecule has 1 atom stereocenters. The number of hydrogen-bond acceptors (Lipinski definition) is 2. The predicted octanol–water partition coefficient (Wildman–Crippen LogP) is 4.78. The van der Waals surface area contributed by atoms with E-state index >= 15 is 0 Å². The van der Waals surface area contributed by atoms with E-state index in [1.807, 2.05) is 0 Å². The maximum absolute atomic E-state index is 6.29. The van der Waals surface area contributed by atoms with Gasteiger partial charge < -0.3 is 10.1 Å². The molecule has 0 aliphatic heterocycles. The van der Waals surface area contributed by atoms with Crippen LogP contribution in [0.4, 0.5) is 0 Å². The molecule has 20 heavy (non-hydrogen) atoms. The highest BCUT2D eigenvalue weighted by Gasteiger charge is 2.41. The first-order chi connectivity index (χ1) is 9.67. The van der Waals surface area contributed by atoms with E-state index in [9.17, 15) is 0 Å². The zero-order chi connectivity index (χ0) is 15.0. The summed E-state index contributed by atoms with van der Waals surface area (Å²) in [6, 6.07) is 0.528. The molecular formula is C18H37NO. The van der Waals surface area contributed by atoms with Crippen molar-refractivity contribution in [3.05, 3.63) is 0 Å². The topological polar surface area (TPSA) is 21.3 Å². The van der Waals surface area contributed by atoms with Gasteiger partial charge in [-0.25, -0.2) is 0 Å². The van der Waals surface area contributed by atoms with Crippen molar-refractivity contribution in [1.29, 1.82) is 0 Å². The lowest BCUT2D eigenvalue weighted by Gasteiger charge is -2.46. The summed E-state index contributed by atoms with van der Waals surface area (Å²) in [7, 11) is 0. The summed E-state index contributed by atoms with van der Waals surface area (Å²) in [5, 5.41) is 3.79. The summed E-state index contributed by atoms with van der Waals surface area (Å²) in [5.74, 6) is 1.77. The van der Waals surface area contributed by atoms with Crippen LogP contribution < -0.4 is 5.32 Å². The van der Waals surface area contributed by atoms with E-state index in [4.69, 9.17) is 4.74 Å². The summed E-state index contributed by atoms with van der Waals surface area (Å²) < 4.78 is 6.29. The lowest BCUT2D eigenvalue weighted by atomic mass is 9.71. The molecule has 1 rings (SSSR count). The average Bonchev–Trinajstić information content (AvgIpc) is 2.51. The molecule has 0 saturated heterocycles. The molecule has 1 aliphatic carbocycles. The van der Waals surface area contributed by atoms with E-state index in [1.165, 1.54) is 32.1 Å². The molecule has 1 N–H and O–H groups in total. The third-order valence-corrected chi connectivity index (χ3v) is 5.56. The molecule has 120 valence electrons. The van der Waals surface area contributed by atoms with Crippen LogP contribution in [0.5, 0.6) is 0 Å². The molecule has 0 amide bonds. The summed E-state index contributed by atoms with van der Waals surface area (Å²) in [6.45, 7) is 13.2. The van der Waals surface area contributed by atoms with E-state index in [1.54, 1.807) is 0 Å². The standard InChI is InChI=1S/C18H37NO/c1-6-15-11-13-16(14-12-15)17(19-9-4)18(7-2,8-3)20-10-5/h15-17,19H,6-14H2,1-5H3. The smallest absolute Gasteiger partial charge is 0.0832 e. The van der Waals surface area contributed by atoms with E-state index in [0.29, 0.717) is 6.04 Å². The zero-order valence-corrected chi connectivity index (χ0v) is 14.5. The second-order valence-corrected chi connectivity index (χ2v) is 6.43. The van der Waals surface area contributed by atoms with Gasteiger partial charge in [0.1, 0.15) is 0 Å². The molecule has 0 spiro atoms. The van der Waals surface area contributed by atoms with Gasteiger partial charge in [0.15, 0.2) is 0 Å². The van der Waals surface area contributed by atoms with Gasteiger partial charge in [-0.2, -0.15) is 0 Å². The molecule has 1 unspecified atom stereocenters. The van der Waals surface area contributed by atoms with E-state index in [0.717, 1.165) is 37.8 Å². The molecule has 1 aliphatic rings. The Kier molecular flexibility index (Phi) is 8.13. The van der Waals surface area contributed by atoms with Crippen LogP contribution in [-0.2, 0) is 4.74 Å². The van der Waals surface area contributed by atoms with Crippen LogP contribution in [0.15, 0.2) is 0 Å². The van der Waals surface area contributed by atoms with Crippen molar-refractivity contribution in [3.8, 4) is 0 Å². The van der Waals surface area contributed by atoms with Gasteiger partial charge in [-0.05, 0) is 51.0 Å². The molecule has 0 aromatic rings. The van der Waals surface area contributed by atoms with Gasteiger partial charge in [0.25, 0.3) is 0 Å². The van der Waals surface area contributed by atoms with Crippen molar-refractivity contribution in [2.75, 3.05) is 13.2 Å². The number of ether oxygens (including phenoxy) is 1. The Labute approximate surface area is 127 Å². The van der Waals surface area contributed by atoms with Crippen molar-refractivity contribution < 1.29 is 4.74 Å². The third-order valence-electron chi connectivity index (χ3n) is 5.56. The van der Waals surface area contributed by atoms with Gasteiger partial charge in [0, 0.05) is 12.6 Å². The number of hydrogen-bond donors (Lipinski definition) is 1. The zero-order valence-electron chi connectivity index (χ0n) is 14.5. The van der Waals surface area contributed by atoms with Crippen molar-refractivity contribution in [2.24, 2.45) is 11.8 Å². The summed E-state index contributed by atoms with van der Waals surface area (Å²) >= 11 is 0. The van der Waals surface area contributed by atoms with Gasteiger partial charge in [0.05, 0.1) is 5.60 Å². The van der Waals surface area contributed by atoms with Crippen LogP contribution in [0, 0.1) is 11.8 Å². The second kappa shape index (κ2) is 9.04. The average molecular weight is 284 g/mol. The molecule has 0 aromatic heterocycles. The monoisotopic (exact) mass is 283 g/mol. The van der Waals surface area contributed by atoms with Crippen LogP contribution in [0.1, 0.15) is 79.6 Å². The van der Waals surface area contributed by atoms with Crippen molar-refractivity contribution in [1.82, 2.24) is 5.32 Å². The van der Waals surface area contributed by atoms with Gasteiger partial charge in [-0.3, -0.25) is 0 Å². The Balaban J connectivity index is 2.80. The van der Waals surface area contributed by atoms with E-state index in [2.05, 4.69) is 39.9 Å². The normalized spacial score (nSPS) is 25.6. The van der Waals surface area contributed by atoms with Gasteiger partial charge in [-0.1, -0.05) is 47.0 Å². The summed E-state index contributed by atoms with van der Waals surface area (Å²) in [5.41, 5.74) is 0.0362. The maximum atomic E-state index is 6.29. The fourth-order valence-corrected chi connectivity index (χ4v) is 4.20. The largest absolute Gasteiger partial charge is 0.374 e. The molecule has 0 heterocycles. The number of rotatable bonds is 9. The summed E-state index contributed by atoms with van der Waals surface area (Å²) in [4.78, 5) is 0. The Morgan fingerprint density at radius 2 is 1.60 bits per heavy atom. The van der Waals surface area contributed by atoms with Crippen LogP contribution in [0.3, 0.4) is 0 Å². The van der Waals surface area contributed by atoms with Crippen molar-refractivity contribution in [2.45, 2.75) is 91.2 Å². The quantitative estimate of drug-likeness (QED) is 0.658. The number of likely N-dealkylation sites (N-methyl/N-ethyl adjacent to an activating group) is 1. The highest BCUT2D eigenvalue weighted by Crippen LogP contribution is 2.38. The molecule has 2 heteroatoms. The fraction of sp³-hybridized carbons (Fsp3) is 1.00. The highest BCUT2D eigenvalue weighted by atomic mass is 16.5. The Morgan fingerprint density at radius 3 is 2.00 bits per heavy atom. The molecule has 0 aromatic carbocycles. The van der Waals surface area contributed by atoms with Crippen molar-refractivity contribution >= 4 is 0 Å². The first kappa shape index (κ1) is 18.0. The second-order valence-electron chi connectivity index (χ2n) is 6.43. The predicted molar refractivity (Wildman–Crippen MR) is 88.1 cm³/mol. The van der Waals surface area contributed by atoms with E-state index in [-0.39, 0.29) is 5.60 Å². The fourth-order valence-electron chi connectivity index (χ4n) is 4.20. The van der Waals surface area contributed by atoms with Crippen LogP contribution in [-0.4, -0.2) is 24.8 Å². The molecule has 0 radical (unpaired) electrons. The first-order valence-corrected chi connectivity index (χ1v) is 9.04. The maximum Gasteiger partial charge on any atom is 0.0832 e. The minimum absolute atomic E-state index is 0.0362. The molecular weight excluding hydrogens is 246 g/mol. The van der Waals surface area contributed by atoms with Gasteiger partial charge in [0.2, 0.25) is 0 Å². The minimum atomic E-state index is 0.0362. The molecule has 2 nitrogen and oxygen atoms in total. The Morgan fingerprint density at radius 1 is 1.00 bits per heavy atom. The molecule has 0 bridgehead atoms. The SMILES string of the molecule is CCNC(C1CCC(CC)CC1)C(CC)(CC)OCC. The Hall–Kier alpha value is -0.0800. The highest BCUT2D eigenvalue weighted by molar-refractivity contribution is 4.97. The van der Waals surface area contributed by atoms with E-state index < -0.39 is 0 Å². The summed E-state index contributed by atoms with van der Waals surface area (Å²) in [6.07, 6.45) is 9.18. The number of nitrogens with one attached hydrogen (secondary N) is 1. The first-order valence-electron chi connectivity index (χ1n) is 9.04. The minimum Gasteiger partial charge on any atom is -0.374 e. The Bertz CT molecular complexity index is 242. The van der Waals surface area contributed by atoms with Gasteiger partial charge >= 0.3 is 0 Å². The lowest BCUT2D eigenvalue weighted by molar-refractivity contribution is -0.0897. The molecule has 1 saturated carbocycles.